The summed E-state index contributed by atoms with van der Waals surface area (Å²) in [7, 11) is 0. The summed E-state index contributed by atoms with van der Waals surface area (Å²) in [6.07, 6.45) is 8.53. The third kappa shape index (κ3) is 3.78. The van der Waals surface area contributed by atoms with E-state index in [2.05, 4.69) is 20.3 Å². The quantitative estimate of drug-likeness (QED) is 0.616. The number of nitrogens with zero attached hydrogens (tertiary/aromatic N) is 4. The van der Waals surface area contributed by atoms with Crippen LogP contribution in [0, 0.1) is 46.7 Å². The molecule has 8 heteroatoms. The molecule has 1 amide bonds. The molecule has 0 saturated heterocycles. The summed E-state index contributed by atoms with van der Waals surface area (Å²) in [5.74, 6) is 2.48. The zero-order valence-electron chi connectivity index (χ0n) is 17.8. The molecule has 3 fully saturated rings. The van der Waals surface area contributed by atoms with Gasteiger partial charge in [-0.05, 0) is 73.6 Å². The molecule has 2 aromatic heterocycles. The minimum Gasteiger partial charge on any atom is -0.490 e. The highest BCUT2D eigenvalue weighted by molar-refractivity contribution is 5.92. The lowest BCUT2D eigenvalue weighted by molar-refractivity contribution is -0.121. The molecule has 0 aliphatic heterocycles. The Balaban J connectivity index is 1.12. The fourth-order valence-electron chi connectivity index (χ4n) is 5.66. The van der Waals surface area contributed by atoms with Crippen LogP contribution in [0.25, 0.3) is 10.9 Å². The topological polar surface area (TPSA) is 101 Å². The van der Waals surface area contributed by atoms with Gasteiger partial charge in [-0.3, -0.25) is 9.78 Å². The molecule has 3 aliphatic rings. The Hall–Kier alpha value is -3.60. The van der Waals surface area contributed by atoms with Crippen molar-refractivity contribution in [3.63, 3.8) is 0 Å². The van der Waals surface area contributed by atoms with Crippen LogP contribution in [0.15, 0.2) is 42.9 Å². The van der Waals surface area contributed by atoms with E-state index in [4.69, 9.17) is 10.00 Å². The summed E-state index contributed by atoms with van der Waals surface area (Å²) in [4.78, 5) is 25.5. The lowest BCUT2D eigenvalue weighted by atomic mass is 9.91. The van der Waals surface area contributed by atoms with Crippen LogP contribution < -0.4 is 10.1 Å². The van der Waals surface area contributed by atoms with Gasteiger partial charge in [-0.2, -0.15) is 5.26 Å². The number of ether oxygens (including phenoxy) is 1. The molecule has 2 heterocycles. The van der Waals surface area contributed by atoms with Crippen LogP contribution in [-0.4, -0.2) is 27.0 Å². The minimum absolute atomic E-state index is 0.00368. The van der Waals surface area contributed by atoms with Crippen LogP contribution in [0.2, 0.25) is 0 Å². The molecule has 0 spiro atoms. The van der Waals surface area contributed by atoms with E-state index in [0.717, 1.165) is 25.7 Å². The Morgan fingerprint density at radius 2 is 1.97 bits per heavy atom. The van der Waals surface area contributed by atoms with Gasteiger partial charge in [-0.1, -0.05) is 0 Å². The molecule has 0 radical (unpaired) electrons. The Morgan fingerprint density at radius 3 is 2.67 bits per heavy atom. The molecule has 3 aromatic rings. The van der Waals surface area contributed by atoms with Gasteiger partial charge in [-0.25, -0.2) is 14.4 Å². The van der Waals surface area contributed by atoms with Crippen molar-refractivity contribution in [3.8, 4) is 11.8 Å². The van der Waals surface area contributed by atoms with E-state index in [-0.39, 0.29) is 29.4 Å². The first kappa shape index (κ1) is 20.0. The summed E-state index contributed by atoms with van der Waals surface area (Å²) in [6, 6.07) is 8.26. The van der Waals surface area contributed by atoms with Crippen molar-refractivity contribution < 1.29 is 13.9 Å². The van der Waals surface area contributed by atoms with E-state index in [1.54, 1.807) is 18.3 Å². The number of carbonyl (C=O) groups excluding carboxylic acids is 1. The van der Waals surface area contributed by atoms with Crippen LogP contribution in [-0.2, 0) is 4.79 Å². The number of aromatic nitrogens is 3. The van der Waals surface area contributed by atoms with Gasteiger partial charge in [0, 0.05) is 17.5 Å². The number of benzene rings is 1. The third-order valence-corrected chi connectivity index (χ3v) is 7.29. The fourth-order valence-corrected chi connectivity index (χ4v) is 5.66. The maximum Gasteiger partial charge on any atom is 0.229 e. The lowest BCUT2D eigenvalue weighted by Gasteiger charge is -2.22. The van der Waals surface area contributed by atoms with Crippen molar-refractivity contribution >= 4 is 22.6 Å². The summed E-state index contributed by atoms with van der Waals surface area (Å²) < 4.78 is 20.0. The predicted octanol–water partition coefficient (Wildman–Crippen LogP) is 4.10. The normalized spacial score (nSPS) is 26.3. The maximum atomic E-state index is 13.7. The average molecular weight is 443 g/mol. The lowest BCUT2D eigenvalue weighted by Crippen LogP contribution is -2.29. The van der Waals surface area contributed by atoms with E-state index in [1.807, 2.05) is 6.07 Å². The molecule has 3 saturated carbocycles. The molecular weight excluding hydrogens is 421 g/mol. The fraction of sp³-hybridized carbons (Fsp3) is 0.400. The van der Waals surface area contributed by atoms with E-state index in [9.17, 15) is 9.18 Å². The van der Waals surface area contributed by atoms with Gasteiger partial charge < -0.3 is 10.1 Å². The standard InChI is InChI=1S/C25H22FN5O2/c26-14-3-4-20-19(7-14)21(5-6-28-20)33-16-8-17-18(9-16)24(17)23(13-1-2-13)25(32)31-22-12-29-15(10-27)11-30-22/h3-7,11-13,16-18,23-24H,1-2,8-9H2,(H,30,31,32)/t16-,17-,18+,23?,24+. The van der Waals surface area contributed by atoms with Gasteiger partial charge in [0.05, 0.1) is 24.0 Å². The first-order valence-electron chi connectivity index (χ1n) is 11.3. The molecule has 0 bridgehead atoms. The zero-order chi connectivity index (χ0) is 22.5. The molecule has 1 unspecified atom stereocenters. The molecule has 33 heavy (non-hydrogen) atoms. The number of halogens is 1. The highest BCUT2D eigenvalue weighted by atomic mass is 19.1. The largest absolute Gasteiger partial charge is 0.490 e. The van der Waals surface area contributed by atoms with Crippen molar-refractivity contribution in [2.24, 2.45) is 29.6 Å². The predicted molar refractivity (Wildman–Crippen MR) is 117 cm³/mol. The minimum atomic E-state index is -0.306. The number of pyridine rings is 1. The Morgan fingerprint density at radius 1 is 1.15 bits per heavy atom. The number of anilines is 1. The summed E-state index contributed by atoms with van der Waals surface area (Å²) >= 11 is 0. The number of carbonyl (C=O) groups is 1. The van der Waals surface area contributed by atoms with Crippen molar-refractivity contribution in [2.75, 3.05) is 5.32 Å². The molecule has 7 nitrogen and oxygen atoms in total. The first-order valence-corrected chi connectivity index (χ1v) is 11.3. The number of hydrogen-bond donors (Lipinski definition) is 1. The maximum absolute atomic E-state index is 13.7. The Bertz CT molecular complexity index is 1260. The SMILES string of the molecule is N#Cc1cnc(NC(=O)C(C2CC2)[C@H]2[C@@H]3C[C@@H](Oc4ccnc5ccc(F)cc45)C[C@@H]32)cn1. The molecule has 166 valence electrons. The van der Waals surface area contributed by atoms with Gasteiger partial charge in [0.1, 0.15) is 17.6 Å². The smallest absolute Gasteiger partial charge is 0.229 e. The number of hydrogen-bond acceptors (Lipinski definition) is 6. The van der Waals surface area contributed by atoms with Crippen LogP contribution >= 0.6 is 0 Å². The van der Waals surface area contributed by atoms with E-state index in [0.29, 0.717) is 46.1 Å². The van der Waals surface area contributed by atoms with E-state index >= 15 is 0 Å². The van der Waals surface area contributed by atoms with E-state index in [1.165, 1.54) is 24.5 Å². The third-order valence-electron chi connectivity index (χ3n) is 7.29. The Kier molecular flexibility index (Phi) is 4.72. The van der Waals surface area contributed by atoms with Crippen LogP contribution in [0.1, 0.15) is 31.4 Å². The van der Waals surface area contributed by atoms with E-state index < -0.39 is 0 Å². The molecule has 1 aromatic carbocycles. The number of rotatable bonds is 6. The summed E-state index contributed by atoms with van der Waals surface area (Å²) in [6.45, 7) is 0. The molecule has 5 atom stereocenters. The zero-order valence-corrected chi connectivity index (χ0v) is 17.8. The van der Waals surface area contributed by atoms with Crippen LogP contribution in [0.4, 0.5) is 10.2 Å². The van der Waals surface area contributed by atoms with Gasteiger partial charge in [0.2, 0.25) is 5.91 Å². The molecular formula is C25H22FN5O2. The first-order chi connectivity index (χ1) is 16.1. The number of nitriles is 1. The second-order valence-corrected chi connectivity index (χ2v) is 9.34. The second-order valence-electron chi connectivity index (χ2n) is 9.34. The van der Waals surface area contributed by atoms with Crippen LogP contribution in [0.5, 0.6) is 5.75 Å². The summed E-state index contributed by atoms with van der Waals surface area (Å²) in [5, 5.41) is 12.5. The average Bonchev–Trinajstić information content (AvgIpc) is 3.73. The van der Waals surface area contributed by atoms with Gasteiger partial charge in [-0.15, -0.1) is 0 Å². The van der Waals surface area contributed by atoms with Crippen molar-refractivity contribution in [1.29, 1.82) is 5.26 Å². The van der Waals surface area contributed by atoms with Gasteiger partial charge >= 0.3 is 0 Å². The van der Waals surface area contributed by atoms with Crippen molar-refractivity contribution in [1.82, 2.24) is 15.0 Å². The van der Waals surface area contributed by atoms with Crippen LogP contribution in [0.3, 0.4) is 0 Å². The second kappa shape index (κ2) is 7.77. The molecule has 6 rings (SSSR count). The number of nitrogens with one attached hydrogen (secondary N) is 1. The summed E-state index contributed by atoms with van der Waals surface area (Å²) in [5.41, 5.74) is 0.936. The molecule has 3 aliphatic carbocycles. The number of amides is 1. The van der Waals surface area contributed by atoms with Crippen molar-refractivity contribution in [2.45, 2.75) is 31.8 Å². The number of fused-ring (bicyclic) bond motifs is 2. The highest BCUT2D eigenvalue weighted by Gasteiger charge is 2.63. The molecule has 1 N–H and O–H groups in total. The highest BCUT2D eigenvalue weighted by Crippen LogP contribution is 2.64. The monoisotopic (exact) mass is 443 g/mol. The van der Waals surface area contributed by atoms with Crippen molar-refractivity contribution in [3.05, 3.63) is 54.4 Å². The Labute approximate surface area is 190 Å². The van der Waals surface area contributed by atoms with Gasteiger partial charge in [0.15, 0.2) is 11.5 Å². The van der Waals surface area contributed by atoms with Gasteiger partial charge in [0.25, 0.3) is 0 Å².